The first-order valence-electron chi connectivity index (χ1n) is 8.16. The van der Waals surface area contributed by atoms with Crippen molar-refractivity contribution in [2.75, 3.05) is 7.11 Å². The minimum atomic E-state index is -0.293. The summed E-state index contributed by atoms with van der Waals surface area (Å²) in [6.07, 6.45) is 5.48. The minimum Gasteiger partial charge on any atom is -0.382 e. The van der Waals surface area contributed by atoms with E-state index in [-0.39, 0.29) is 23.6 Å². The Kier molecular flexibility index (Phi) is 4.91. The van der Waals surface area contributed by atoms with Crippen LogP contribution in [0.4, 0.5) is 0 Å². The number of methoxy groups -OCH3 is 1. The molecule has 0 saturated heterocycles. The summed E-state index contributed by atoms with van der Waals surface area (Å²) in [7, 11) is 1.71. The average molecular weight is 295 g/mol. The van der Waals surface area contributed by atoms with Gasteiger partial charge in [0.15, 0.2) is 5.96 Å². The van der Waals surface area contributed by atoms with E-state index in [4.69, 9.17) is 15.5 Å². The number of hydrogen-bond donors (Lipinski definition) is 1. The number of ether oxygens (including phenoxy) is 1. The molecule has 0 radical (unpaired) electrons. The fourth-order valence-corrected chi connectivity index (χ4v) is 3.27. The van der Waals surface area contributed by atoms with Crippen molar-refractivity contribution in [3.05, 3.63) is 0 Å². The van der Waals surface area contributed by atoms with Crippen molar-refractivity contribution in [3.63, 3.8) is 0 Å². The number of nitrogens with zero attached hydrogens (tertiary/aromatic N) is 2. The molecule has 1 saturated carbocycles. The van der Waals surface area contributed by atoms with Gasteiger partial charge in [-0.25, -0.2) is 4.99 Å². The minimum absolute atomic E-state index is 0.125. The summed E-state index contributed by atoms with van der Waals surface area (Å²) in [6.45, 7) is 6.20. The number of guanidine groups is 1. The predicted molar refractivity (Wildman–Crippen MR) is 84.0 cm³/mol. The largest absolute Gasteiger partial charge is 0.382 e. The van der Waals surface area contributed by atoms with Crippen LogP contribution in [0.15, 0.2) is 4.99 Å². The van der Waals surface area contributed by atoms with Gasteiger partial charge in [0.1, 0.15) is 0 Å². The van der Waals surface area contributed by atoms with Crippen LogP contribution in [0.25, 0.3) is 0 Å². The first-order valence-corrected chi connectivity index (χ1v) is 8.16. The lowest BCUT2D eigenvalue weighted by Crippen LogP contribution is -2.56. The van der Waals surface area contributed by atoms with Crippen molar-refractivity contribution in [1.82, 2.24) is 4.90 Å². The highest BCUT2D eigenvalue weighted by molar-refractivity contribution is 5.99. The van der Waals surface area contributed by atoms with Gasteiger partial charge in [-0.05, 0) is 44.9 Å². The Hall–Kier alpha value is -1.10. The lowest BCUT2D eigenvalue weighted by molar-refractivity contribution is -0.132. The molecule has 5 nitrogen and oxygen atoms in total. The van der Waals surface area contributed by atoms with Gasteiger partial charge in [-0.15, -0.1) is 0 Å². The van der Waals surface area contributed by atoms with Gasteiger partial charge in [0.2, 0.25) is 5.91 Å². The Morgan fingerprint density at radius 3 is 2.48 bits per heavy atom. The number of nitrogens with two attached hydrogens (primary N) is 1. The molecule has 5 heteroatoms. The maximum Gasteiger partial charge on any atom is 0.231 e. The van der Waals surface area contributed by atoms with Gasteiger partial charge in [-0.1, -0.05) is 13.8 Å². The quantitative estimate of drug-likeness (QED) is 0.783. The second-order valence-electron chi connectivity index (χ2n) is 6.53. The van der Waals surface area contributed by atoms with Crippen LogP contribution in [-0.4, -0.2) is 41.6 Å². The molecule has 2 aliphatic rings. The van der Waals surface area contributed by atoms with Gasteiger partial charge < -0.3 is 10.5 Å². The van der Waals surface area contributed by atoms with Gasteiger partial charge in [-0.2, -0.15) is 0 Å². The number of carbonyl (C=O) groups is 1. The van der Waals surface area contributed by atoms with Crippen molar-refractivity contribution in [2.45, 2.75) is 77.0 Å². The summed E-state index contributed by atoms with van der Waals surface area (Å²) in [5.74, 6) is 1.10. The highest BCUT2D eigenvalue weighted by Gasteiger charge is 2.44. The highest BCUT2D eigenvalue weighted by atomic mass is 16.5. The first kappa shape index (κ1) is 16.3. The summed E-state index contributed by atoms with van der Waals surface area (Å²) >= 11 is 0. The lowest BCUT2D eigenvalue weighted by Gasteiger charge is -2.40. The van der Waals surface area contributed by atoms with Crippen LogP contribution in [-0.2, 0) is 9.53 Å². The SMILES string of the molecule is CCC1(CC)CC(=O)N(C(CC(C)OC)C2CC2)C(N)=N1. The molecule has 0 bridgehead atoms. The van der Waals surface area contributed by atoms with Crippen molar-refractivity contribution >= 4 is 11.9 Å². The number of amides is 1. The molecule has 120 valence electrons. The van der Waals surface area contributed by atoms with E-state index in [1.807, 2.05) is 6.92 Å². The van der Waals surface area contributed by atoms with Gasteiger partial charge in [0.25, 0.3) is 0 Å². The Morgan fingerprint density at radius 1 is 1.43 bits per heavy atom. The van der Waals surface area contributed by atoms with Gasteiger partial charge in [0.05, 0.1) is 18.1 Å². The molecule has 1 aliphatic heterocycles. The number of carbonyl (C=O) groups excluding carboxylic acids is 1. The standard InChI is InChI=1S/C16H29N3O2/c1-5-16(6-2)10-14(20)19(15(17)18-16)13(12-7-8-12)9-11(3)21-4/h11-13H,5-10H2,1-4H3,(H2,17,18). The van der Waals surface area contributed by atoms with Crippen molar-refractivity contribution < 1.29 is 9.53 Å². The summed E-state index contributed by atoms with van der Waals surface area (Å²) in [5, 5.41) is 0. The van der Waals surface area contributed by atoms with Crippen LogP contribution >= 0.6 is 0 Å². The molecule has 21 heavy (non-hydrogen) atoms. The smallest absolute Gasteiger partial charge is 0.231 e. The third-order valence-electron chi connectivity index (χ3n) is 5.14. The molecule has 2 atom stereocenters. The van der Waals surface area contributed by atoms with E-state index in [9.17, 15) is 4.79 Å². The molecule has 0 aromatic carbocycles. The van der Waals surface area contributed by atoms with Gasteiger partial charge >= 0.3 is 0 Å². The van der Waals surface area contributed by atoms with Crippen LogP contribution < -0.4 is 5.73 Å². The molecule has 1 amide bonds. The Balaban J connectivity index is 2.23. The molecular weight excluding hydrogens is 266 g/mol. The normalized spacial score (nSPS) is 24.7. The molecule has 1 heterocycles. The average Bonchev–Trinajstić information content (AvgIpc) is 3.29. The zero-order valence-electron chi connectivity index (χ0n) is 13.8. The molecule has 0 aromatic rings. The molecular formula is C16H29N3O2. The summed E-state index contributed by atoms with van der Waals surface area (Å²) in [5.41, 5.74) is 5.90. The molecule has 1 fully saturated rings. The van der Waals surface area contributed by atoms with E-state index in [0.29, 0.717) is 18.3 Å². The van der Waals surface area contributed by atoms with Crippen molar-refractivity contribution in [3.8, 4) is 0 Å². The van der Waals surface area contributed by atoms with Crippen LogP contribution in [0.2, 0.25) is 0 Å². The van der Waals surface area contributed by atoms with Crippen LogP contribution in [0.1, 0.15) is 59.3 Å². The van der Waals surface area contributed by atoms with E-state index >= 15 is 0 Å². The fourth-order valence-electron chi connectivity index (χ4n) is 3.27. The monoisotopic (exact) mass is 295 g/mol. The van der Waals surface area contributed by atoms with E-state index < -0.39 is 0 Å². The van der Waals surface area contributed by atoms with E-state index in [1.54, 1.807) is 12.0 Å². The maximum atomic E-state index is 12.7. The molecule has 2 unspecified atom stereocenters. The second kappa shape index (κ2) is 6.34. The maximum absolute atomic E-state index is 12.7. The third kappa shape index (κ3) is 3.39. The molecule has 2 N–H and O–H groups in total. The number of hydrogen-bond acceptors (Lipinski definition) is 4. The van der Waals surface area contributed by atoms with E-state index in [2.05, 4.69) is 13.8 Å². The van der Waals surface area contributed by atoms with E-state index in [1.165, 1.54) is 12.8 Å². The Labute approximate surface area is 127 Å². The number of aliphatic imine (C=N–C) groups is 1. The lowest BCUT2D eigenvalue weighted by atomic mass is 9.87. The summed E-state index contributed by atoms with van der Waals surface area (Å²) in [4.78, 5) is 19.2. The first-order chi connectivity index (χ1) is 9.96. The van der Waals surface area contributed by atoms with Gasteiger partial charge in [0, 0.05) is 13.2 Å². The summed E-state index contributed by atoms with van der Waals surface area (Å²) < 4.78 is 5.38. The Bertz CT molecular complexity index is 414. The summed E-state index contributed by atoms with van der Waals surface area (Å²) in [6, 6.07) is 0.142. The van der Waals surface area contributed by atoms with Crippen LogP contribution in [0.5, 0.6) is 0 Å². The second-order valence-corrected chi connectivity index (χ2v) is 6.53. The van der Waals surface area contributed by atoms with Crippen molar-refractivity contribution in [1.29, 1.82) is 0 Å². The van der Waals surface area contributed by atoms with E-state index in [0.717, 1.165) is 19.3 Å². The zero-order chi connectivity index (χ0) is 15.6. The van der Waals surface area contributed by atoms with Crippen LogP contribution in [0.3, 0.4) is 0 Å². The molecule has 0 spiro atoms. The molecule has 1 aliphatic carbocycles. The van der Waals surface area contributed by atoms with Gasteiger partial charge in [-0.3, -0.25) is 9.69 Å². The fraction of sp³-hybridized carbons (Fsp3) is 0.875. The third-order valence-corrected chi connectivity index (χ3v) is 5.14. The number of rotatable bonds is 7. The van der Waals surface area contributed by atoms with Crippen molar-refractivity contribution in [2.24, 2.45) is 16.6 Å². The topological polar surface area (TPSA) is 67.9 Å². The highest BCUT2D eigenvalue weighted by Crippen LogP contribution is 2.40. The Morgan fingerprint density at radius 2 is 2.05 bits per heavy atom. The van der Waals surface area contributed by atoms with Crippen LogP contribution in [0, 0.1) is 5.92 Å². The predicted octanol–water partition coefficient (Wildman–Crippen LogP) is 2.30. The molecule has 0 aromatic heterocycles. The molecule has 2 rings (SSSR count). The zero-order valence-corrected chi connectivity index (χ0v) is 13.8.